The third kappa shape index (κ3) is 6.12. The Balaban J connectivity index is 1.14. The highest BCUT2D eigenvalue weighted by Crippen LogP contribution is 2.45. The summed E-state index contributed by atoms with van der Waals surface area (Å²) in [6.45, 7) is 0. The smallest absolute Gasteiger partial charge is 0.143 e. The van der Waals surface area contributed by atoms with Gasteiger partial charge in [-0.3, -0.25) is 0 Å². The molecule has 0 aliphatic rings. The average Bonchev–Trinajstić information content (AvgIpc) is 1.45. The van der Waals surface area contributed by atoms with E-state index in [1.165, 1.54) is 12.1 Å². The average molecular weight is 851 g/mol. The number of aromatic nitrogens is 1. The summed E-state index contributed by atoms with van der Waals surface area (Å²) < 4.78 is 210. The first kappa shape index (κ1) is 21.1. The Bertz CT molecular complexity index is 5130. The van der Waals surface area contributed by atoms with Crippen molar-refractivity contribution in [2.45, 2.75) is 0 Å². The molecule has 65 heavy (non-hydrogen) atoms. The van der Waals surface area contributed by atoms with Crippen molar-refractivity contribution in [3.05, 3.63) is 242 Å². The minimum absolute atomic E-state index is 0.0946. The molecule has 304 valence electrons. The summed E-state index contributed by atoms with van der Waals surface area (Å²) in [6, 6.07) is 14.6. The van der Waals surface area contributed by atoms with Gasteiger partial charge in [0, 0.05) is 49.9 Å². The van der Waals surface area contributed by atoms with E-state index in [0.29, 0.717) is 33.1 Å². The maximum atomic E-state index is 10.0. The summed E-state index contributed by atoms with van der Waals surface area (Å²) in [5.74, 6) is 0. The first-order valence-electron chi connectivity index (χ1n) is 31.5. The van der Waals surface area contributed by atoms with Crippen LogP contribution in [0.15, 0.2) is 247 Å². The number of hydrogen-bond donors (Lipinski definition) is 0. The molecule has 0 bridgehead atoms. The van der Waals surface area contributed by atoms with Gasteiger partial charge in [0.05, 0.1) is 41.2 Å². The van der Waals surface area contributed by atoms with Gasteiger partial charge in [-0.2, -0.15) is 0 Å². The van der Waals surface area contributed by atoms with E-state index >= 15 is 0 Å². The van der Waals surface area contributed by atoms with Crippen LogP contribution < -0.4 is 4.90 Å². The van der Waals surface area contributed by atoms with Gasteiger partial charge in [-0.15, -0.1) is 0 Å². The highest BCUT2D eigenvalue weighted by atomic mass is 16.3. The molecule has 0 amide bonds. The molecule has 0 atom stereocenters. The molecule has 0 fully saturated rings. The topological polar surface area (TPSA) is 21.3 Å². The number of para-hydroxylation sites is 3. The molecule has 0 radical (unpaired) electrons. The van der Waals surface area contributed by atoms with Crippen LogP contribution in [0.3, 0.4) is 0 Å². The number of rotatable bonds is 7. The van der Waals surface area contributed by atoms with Crippen LogP contribution in [0.5, 0.6) is 0 Å². The van der Waals surface area contributed by atoms with Gasteiger partial charge in [0.1, 0.15) is 11.2 Å². The number of fused-ring (bicyclic) bond motifs is 9. The normalized spacial score (nSPS) is 16.4. The Morgan fingerprint density at radius 1 is 0.385 bits per heavy atom. The van der Waals surface area contributed by atoms with Crippen LogP contribution in [0.4, 0.5) is 17.1 Å². The van der Waals surface area contributed by atoms with Crippen molar-refractivity contribution in [1.29, 1.82) is 0 Å². The van der Waals surface area contributed by atoms with Gasteiger partial charge < -0.3 is 13.9 Å². The second kappa shape index (κ2) is 15.0. The van der Waals surface area contributed by atoms with Crippen LogP contribution in [0.25, 0.3) is 104 Å². The number of anilines is 3. The molecule has 0 spiro atoms. The summed E-state index contributed by atoms with van der Waals surface area (Å²) in [5, 5.41) is 0.949. The molecule has 13 rings (SSSR count). The zero-order valence-electron chi connectivity index (χ0n) is 55.7. The van der Waals surface area contributed by atoms with Crippen LogP contribution in [-0.2, 0) is 0 Å². The molecule has 11 aromatic carbocycles. The van der Waals surface area contributed by atoms with Crippen molar-refractivity contribution in [1.82, 2.24) is 4.57 Å². The molecule has 3 nitrogen and oxygen atoms in total. The third-order valence-corrected chi connectivity index (χ3v) is 11.5. The first-order valence-corrected chi connectivity index (χ1v) is 20.5. The van der Waals surface area contributed by atoms with Gasteiger partial charge in [0.15, 0.2) is 0 Å². The summed E-state index contributed by atoms with van der Waals surface area (Å²) in [4.78, 5) is 0.983. The number of nitrogens with zero attached hydrogens (tertiary/aromatic N) is 2. The Morgan fingerprint density at radius 3 is 1.66 bits per heavy atom. The monoisotopic (exact) mass is 850 g/mol. The fourth-order valence-corrected chi connectivity index (χ4v) is 8.63. The lowest BCUT2D eigenvalue weighted by Gasteiger charge is -2.27. The van der Waals surface area contributed by atoms with Gasteiger partial charge in [-0.05, 0) is 122 Å². The van der Waals surface area contributed by atoms with E-state index in [4.69, 9.17) is 20.9 Å². The third-order valence-electron chi connectivity index (χ3n) is 11.5. The van der Waals surface area contributed by atoms with E-state index in [0.717, 1.165) is 32.4 Å². The molecule has 0 N–H and O–H groups in total. The predicted molar refractivity (Wildman–Crippen MR) is 274 cm³/mol. The second-order valence-electron chi connectivity index (χ2n) is 15.2. The van der Waals surface area contributed by atoms with E-state index in [1.54, 1.807) is 24.3 Å². The minimum Gasteiger partial charge on any atom is -0.455 e. The Hall–Kier alpha value is -8.66. The van der Waals surface area contributed by atoms with Crippen LogP contribution in [0.2, 0.25) is 0 Å². The van der Waals surface area contributed by atoms with E-state index < -0.39 is 188 Å². The van der Waals surface area contributed by atoms with Gasteiger partial charge >= 0.3 is 0 Å². The summed E-state index contributed by atoms with van der Waals surface area (Å²) in [7, 11) is 0. The highest BCUT2D eigenvalue weighted by molar-refractivity contribution is 6.15. The molecule has 3 heteroatoms. The van der Waals surface area contributed by atoms with E-state index in [9.17, 15) is 13.7 Å². The molecule has 0 aliphatic heterocycles. The SMILES string of the molecule is [2H]c1c([2H])c([2H])c(-c2c([2H])c([2H])c(N(c3cc(-c4ccc(-n5c6ccccc6c6ccccc65)cc4)c4oc5ccccc5c4c3)c3c([2H])c([2H])c(-c4c([2H])c5c([2H])c([2H])c([2H])c([2H])c5c5c([2H])c([2H])c([2H])c([2H])c45)c([2H])c3[2H])c([2H])c2[2H])c([2H])c1[2H]. The van der Waals surface area contributed by atoms with Crippen LogP contribution >= 0.6 is 0 Å². The maximum Gasteiger partial charge on any atom is 0.143 e. The minimum atomic E-state index is -0.972. The molecule has 13 aromatic rings. The lowest BCUT2D eigenvalue weighted by atomic mass is 9.93. The van der Waals surface area contributed by atoms with Crippen LogP contribution in [-0.4, -0.2) is 4.57 Å². The Labute approximate surface area is 407 Å². The van der Waals surface area contributed by atoms with Crippen LogP contribution in [0, 0.1) is 0 Å². The quantitative estimate of drug-likeness (QED) is 0.149. The molecule has 2 heterocycles. The second-order valence-corrected chi connectivity index (χ2v) is 15.2. The molecule has 2 aromatic heterocycles. The van der Waals surface area contributed by atoms with Gasteiger partial charge in [-0.1, -0.05) is 169 Å². The van der Waals surface area contributed by atoms with Crippen LogP contribution in [0.1, 0.15) is 30.2 Å². The Morgan fingerprint density at radius 2 is 0.954 bits per heavy atom. The number of hydrogen-bond acceptors (Lipinski definition) is 2. The van der Waals surface area contributed by atoms with Crippen molar-refractivity contribution in [3.63, 3.8) is 0 Å². The van der Waals surface area contributed by atoms with Gasteiger partial charge in [-0.25, -0.2) is 0 Å². The predicted octanol–water partition coefficient (Wildman–Crippen LogP) is 17.5. The Kier molecular flexibility index (Phi) is 4.88. The first-order chi connectivity index (χ1) is 41.4. The van der Waals surface area contributed by atoms with Gasteiger partial charge in [0.25, 0.3) is 0 Å². The number of benzene rings is 11. The summed E-state index contributed by atoms with van der Waals surface area (Å²) in [5.41, 5.74) is 0.0664. The lowest BCUT2D eigenvalue weighted by molar-refractivity contribution is 0.670. The van der Waals surface area contributed by atoms with E-state index in [1.807, 2.05) is 72.8 Å². The van der Waals surface area contributed by atoms with Crippen molar-refractivity contribution in [3.8, 4) is 39.1 Å². The van der Waals surface area contributed by atoms with Crippen molar-refractivity contribution in [2.75, 3.05) is 4.90 Å². The maximum absolute atomic E-state index is 10.0. The molecule has 0 aliphatic carbocycles. The van der Waals surface area contributed by atoms with Crippen molar-refractivity contribution >= 4 is 82.4 Å². The molecule has 0 unspecified atom stereocenters. The number of furan rings is 1. The highest BCUT2D eigenvalue weighted by Gasteiger charge is 2.21. The van der Waals surface area contributed by atoms with E-state index in [-0.39, 0.29) is 5.69 Å². The fraction of sp³-hybridized carbons (Fsp3) is 0. The zero-order chi connectivity index (χ0) is 62.0. The summed E-state index contributed by atoms with van der Waals surface area (Å²) in [6.07, 6.45) is 0. The lowest BCUT2D eigenvalue weighted by Crippen LogP contribution is -2.10. The molecule has 0 saturated carbocycles. The largest absolute Gasteiger partial charge is 0.455 e. The molecular formula is C62H40N2O. The molecule has 0 saturated heterocycles. The van der Waals surface area contributed by atoms with Gasteiger partial charge in [0.2, 0.25) is 0 Å². The summed E-state index contributed by atoms with van der Waals surface area (Å²) >= 11 is 0. The van der Waals surface area contributed by atoms with Crippen molar-refractivity contribution in [2.24, 2.45) is 0 Å². The standard InChI is InChI=1S/C62H40N2O/c1-2-14-41(15-3-1)42-26-32-46(33-27-42)63(47-34-28-43(29-35-47)56-38-45-16-4-5-17-50(45)51-18-6-7-19-52(51)56)49-39-57(62-58(40-49)55-22-10-13-25-61(55)65-62)44-30-36-48(37-31-44)64-59-23-11-8-20-53(59)54-21-9-12-24-60(54)64/h1-40H/i1D,2D,3D,4D,5D,6D,7D,14D,15D,16D,17D,18D,19D,26D,27D,28D,29D,32D,33D,34D,35D,38D. The fourth-order valence-electron chi connectivity index (χ4n) is 8.63. The molecular weight excluding hydrogens is 789 g/mol. The zero-order valence-corrected chi connectivity index (χ0v) is 33.7. The van der Waals surface area contributed by atoms with E-state index in [2.05, 4.69) is 4.57 Å². The van der Waals surface area contributed by atoms with Crippen molar-refractivity contribution < 1.29 is 34.6 Å².